The Hall–Kier alpha value is -5.14. The lowest BCUT2D eigenvalue weighted by molar-refractivity contribution is -0.125. The fourth-order valence-electron chi connectivity index (χ4n) is 7.97. The van der Waals surface area contributed by atoms with Gasteiger partial charge in [0.15, 0.2) is 9.75 Å². The number of carboxylic acid groups (broad SMARTS) is 1. The molecular formula is C35H27Cl2FN2O10. The van der Waals surface area contributed by atoms with Crippen molar-refractivity contribution < 1.29 is 53.2 Å². The number of fused-ring (bicyclic) bond motifs is 4. The molecule has 50 heavy (non-hydrogen) atoms. The summed E-state index contributed by atoms with van der Waals surface area (Å²) in [4.78, 5) is 65.7. The highest BCUT2D eigenvalue weighted by molar-refractivity contribution is 6.58. The van der Waals surface area contributed by atoms with Crippen LogP contribution in [0.1, 0.15) is 34.7 Å². The van der Waals surface area contributed by atoms with E-state index in [1.165, 1.54) is 44.6 Å². The van der Waals surface area contributed by atoms with Gasteiger partial charge in [-0.3, -0.25) is 19.2 Å². The predicted molar refractivity (Wildman–Crippen MR) is 175 cm³/mol. The number of ether oxygens (including phenoxy) is 2. The number of hydrogen-bond donors (Lipinski definition) is 3. The van der Waals surface area contributed by atoms with Crippen molar-refractivity contribution in [3.63, 3.8) is 0 Å². The number of halogens is 3. The first kappa shape index (κ1) is 33.4. The molecule has 3 aromatic rings. The number of carbonyl (C=O) groups is 5. The van der Waals surface area contributed by atoms with Gasteiger partial charge in [-0.1, -0.05) is 11.6 Å². The molecule has 4 amide bonds. The Morgan fingerprint density at radius 1 is 0.860 bits per heavy atom. The highest BCUT2D eigenvalue weighted by Gasteiger charge is 2.77. The smallest absolute Gasteiger partial charge is 0.339 e. The minimum absolute atomic E-state index is 0.0153. The number of carbonyl (C=O) groups excluding carboxylic acids is 4. The zero-order valence-corrected chi connectivity index (χ0v) is 27.7. The number of hydrogen-bond acceptors (Lipinski definition) is 9. The van der Waals surface area contributed by atoms with Crippen LogP contribution in [0.25, 0.3) is 0 Å². The minimum Gasteiger partial charge on any atom is -0.507 e. The van der Waals surface area contributed by atoms with E-state index in [4.69, 9.17) is 32.7 Å². The normalized spacial score (nSPS) is 28.6. The fourth-order valence-corrected chi connectivity index (χ4v) is 8.89. The summed E-state index contributed by atoms with van der Waals surface area (Å²) in [5.41, 5.74) is -0.186. The summed E-state index contributed by atoms with van der Waals surface area (Å²) in [6.45, 7) is 0. The van der Waals surface area contributed by atoms with E-state index in [1.807, 2.05) is 0 Å². The van der Waals surface area contributed by atoms with Crippen LogP contribution < -0.4 is 19.3 Å². The molecule has 2 saturated heterocycles. The van der Waals surface area contributed by atoms with Crippen LogP contribution in [0, 0.1) is 23.6 Å². The first-order chi connectivity index (χ1) is 23.7. The Kier molecular flexibility index (Phi) is 7.64. The zero-order valence-electron chi connectivity index (χ0n) is 26.2. The molecule has 258 valence electrons. The van der Waals surface area contributed by atoms with Crippen LogP contribution in [0.2, 0.25) is 0 Å². The van der Waals surface area contributed by atoms with Gasteiger partial charge in [-0.05, 0) is 55.2 Å². The Morgan fingerprint density at radius 3 is 2.16 bits per heavy atom. The average Bonchev–Trinajstić information content (AvgIpc) is 3.42. The maximum atomic E-state index is 14.6. The number of methoxy groups -OCH3 is 2. The maximum absolute atomic E-state index is 14.6. The highest BCUT2D eigenvalue weighted by atomic mass is 35.5. The summed E-state index contributed by atoms with van der Waals surface area (Å²) in [7, 11) is 2.68. The maximum Gasteiger partial charge on any atom is 0.339 e. The predicted octanol–water partition coefficient (Wildman–Crippen LogP) is 4.72. The second-order valence-electron chi connectivity index (χ2n) is 12.5. The van der Waals surface area contributed by atoms with E-state index in [0.717, 1.165) is 34.1 Å². The van der Waals surface area contributed by atoms with Crippen molar-refractivity contribution in [1.29, 1.82) is 0 Å². The number of allylic oxidation sites excluding steroid dienone is 2. The Morgan fingerprint density at radius 2 is 1.54 bits per heavy atom. The summed E-state index contributed by atoms with van der Waals surface area (Å²) in [6.07, 6.45) is 1.25. The molecule has 12 nitrogen and oxygen atoms in total. The number of phenols is 2. The summed E-state index contributed by atoms with van der Waals surface area (Å²) >= 11 is 14.7. The fraction of sp³-hybridized carbons (Fsp3) is 0.286. The monoisotopic (exact) mass is 724 g/mol. The zero-order chi connectivity index (χ0) is 36.0. The van der Waals surface area contributed by atoms with Crippen LogP contribution in [0.15, 0.2) is 66.2 Å². The SMILES string of the molecule is COc1cc(O)c(C2C3=CCC4C(=O)N(c5ccc(C(=O)O)c(O)c5)C(=O)C4C3CC3(Cl)C(=O)N(c4ccc(F)cc4)C(=O)C23Cl)c(OC)c1. The Labute approximate surface area is 293 Å². The molecule has 7 rings (SSSR count). The lowest BCUT2D eigenvalue weighted by Gasteiger charge is -2.50. The van der Waals surface area contributed by atoms with Crippen LogP contribution in [-0.2, 0) is 19.2 Å². The lowest BCUT2D eigenvalue weighted by Crippen LogP contribution is -2.60. The highest BCUT2D eigenvalue weighted by Crippen LogP contribution is 2.67. The van der Waals surface area contributed by atoms with E-state index in [9.17, 15) is 43.7 Å². The number of alkyl halides is 2. The van der Waals surface area contributed by atoms with E-state index >= 15 is 0 Å². The number of amides is 4. The lowest BCUT2D eigenvalue weighted by atomic mass is 9.56. The van der Waals surface area contributed by atoms with Crippen LogP contribution in [0.4, 0.5) is 15.8 Å². The Bertz CT molecular complexity index is 2070. The standard InChI is InChI=1S/C35H27Cl2FN2O10/c1-49-18-12-24(42)27(25(13-18)50-2)28-19-9-10-21-26(30(44)39(29(21)43)17-7-8-20(31(45)46)23(41)11-17)22(19)14-34(36)32(47)40(33(48)35(28,34)37)16-5-3-15(38)4-6-16/h3-9,11-13,21-22,26,28,41-42H,10,14H2,1-2H3,(H,45,46). The van der Waals surface area contributed by atoms with Crippen LogP contribution in [-0.4, -0.2) is 68.9 Å². The molecule has 0 bridgehead atoms. The molecule has 0 radical (unpaired) electrons. The first-order valence-corrected chi connectivity index (χ1v) is 16.1. The van der Waals surface area contributed by atoms with Crippen LogP contribution >= 0.6 is 23.2 Å². The molecule has 1 saturated carbocycles. The van der Waals surface area contributed by atoms with E-state index in [1.54, 1.807) is 6.08 Å². The van der Waals surface area contributed by atoms with Crippen LogP contribution in [0.5, 0.6) is 23.0 Å². The van der Waals surface area contributed by atoms with Gasteiger partial charge >= 0.3 is 5.97 Å². The molecule has 3 N–H and O–H groups in total. The number of aromatic hydroxyl groups is 2. The quantitative estimate of drug-likeness (QED) is 0.184. The second kappa shape index (κ2) is 11.5. The number of phenolic OH excluding ortho intramolecular Hbond substituents is 1. The molecule has 4 aliphatic rings. The van der Waals surface area contributed by atoms with Crippen molar-refractivity contribution in [2.45, 2.75) is 28.5 Å². The van der Waals surface area contributed by atoms with Crippen molar-refractivity contribution in [2.24, 2.45) is 17.8 Å². The van der Waals surface area contributed by atoms with Gasteiger partial charge in [0.2, 0.25) is 11.8 Å². The van der Waals surface area contributed by atoms with Gasteiger partial charge in [-0.2, -0.15) is 0 Å². The number of imide groups is 2. The molecule has 3 aromatic carbocycles. The summed E-state index contributed by atoms with van der Waals surface area (Å²) in [5, 5.41) is 31.2. The number of aromatic carboxylic acids is 1. The summed E-state index contributed by atoms with van der Waals surface area (Å²) in [6, 6.07) is 10.5. The van der Waals surface area contributed by atoms with E-state index in [-0.39, 0.29) is 41.3 Å². The van der Waals surface area contributed by atoms with Gasteiger partial charge in [-0.15, -0.1) is 23.2 Å². The number of nitrogens with zero attached hydrogens (tertiary/aromatic N) is 2. The molecule has 0 spiro atoms. The van der Waals surface area contributed by atoms with Crippen molar-refractivity contribution in [3.05, 3.63) is 83.2 Å². The van der Waals surface area contributed by atoms with Gasteiger partial charge in [0.25, 0.3) is 11.8 Å². The van der Waals surface area contributed by atoms with E-state index in [2.05, 4.69) is 0 Å². The molecule has 6 atom stereocenters. The van der Waals surface area contributed by atoms with Crippen molar-refractivity contribution in [2.75, 3.05) is 24.0 Å². The topological polar surface area (TPSA) is 171 Å². The van der Waals surface area contributed by atoms with E-state index in [0.29, 0.717) is 5.57 Å². The van der Waals surface area contributed by atoms with E-state index < -0.39 is 85.9 Å². The molecule has 0 aromatic heterocycles. The summed E-state index contributed by atoms with van der Waals surface area (Å²) in [5.74, 6) is -10.7. The number of anilines is 2. The van der Waals surface area contributed by atoms with Gasteiger partial charge in [0.05, 0.1) is 37.4 Å². The number of rotatable bonds is 6. The van der Waals surface area contributed by atoms with Crippen molar-refractivity contribution in [1.82, 2.24) is 0 Å². The molecule has 3 fully saturated rings. The van der Waals surface area contributed by atoms with Gasteiger partial charge < -0.3 is 24.8 Å². The molecule has 15 heteroatoms. The average molecular weight is 726 g/mol. The Balaban J connectivity index is 1.42. The van der Waals surface area contributed by atoms with Gasteiger partial charge in [0, 0.05) is 29.7 Å². The van der Waals surface area contributed by atoms with Crippen molar-refractivity contribution in [3.8, 4) is 23.0 Å². The molecule has 2 aliphatic carbocycles. The largest absolute Gasteiger partial charge is 0.507 e. The van der Waals surface area contributed by atoms with Gasteiger partial charge in [-0.25, -0.2) is 19.0 Å². The number of benzene rings is 3. The summed E-state index contributed by atoms with van der Waals surface area (Å²) < 4.78 is 24.8. The van der Waals surface area contributed by atoms with Crippen LogP contribution in [0.3, 0.4) is 0 Å². The van der Waals surface area contributed by atoms with Crippen molar-refractivity contribution >= 4 is 64.2 Å². The molecular weight excluding hydrogens is 698 g/mol. The minimum atomic E-state index is -2.33. The third-order valence-corrected chi connectivity index (χ3v) is 11.6. The van der Waals surface area contributed by atoms with Gasteiger partial charge in [0.1, 0.15) is 34.4 Å². The molecule has 2 aliphatic heterocycles. The second-order valence-corrected chi connectivity index (χ2v) is 13.8. The number of carboxylic acids is 1. The molecule has 6 unspecified atom stereocenters. The first-order valence-electron chi connectivity index (χ1n) is 15.3. The molecule has 2 heterocycles. The third kappa shape index (κ3) is 4.39. The third-order valence-electron chi connectivity index (χ3n) is 10.2.